The monoisotopic (exact) mass is 403 g/mol. The minimum absolute atomic E-state index is 0.301. The summed E-state index contributed by atoms with van der Waals surface area (Å²) >= 11 is 1.60. The van der Waals surface area contributed by atoms with Gasteiger partial charge in [-0.1, -0.05) is 23.5 Å². The average molecular weight is 404 g/mol. The number of nitriles is 1. The van der Waals surface area contributed by atoms with Gasteiger partial charge in [0.2, 0.25) is 0 Å². The predicted molar refractivity (Wildman–Crippen MR) is 117 cm³/mol. The topological polar surface area (TPSA) is 90.1 Å². The number of hydrogen-bond acceptors (Lipinski definition) is 7. The van der Waals surface area contributed by atoms with Crippen molar-refractivity contribution in [2.45, 2.75) is 25.8 Å². The van der Waals surface area contributed by atoms with Crippen molar-refractivity contribution in [1.29, 1.82) is 5.26 Å². The number of fused-ring (bicyclic) bond motifs is 2. The second kappa shape index (κ2) is 7.35. The van der Waals surface area contributed by atoms with Crippen LogP contribution in [0.4, 0.5) is 16.6 Å². The summed E-state index contributed by atoms with van der Waals surface area (Å²) in [6, 6.07) is 12.6. The first-order valence-electron chi connectivity index (χ1n) is 9.75. The van der Waals surface area contributed by atoms with Gasteiger partial charge >= 0.3 is 0 Å². The molecule has 0 radical (unpaired) electrons. The first-order valence-corrected chi connectivity index (χ1v) is 10.6. The van der Waals surface area contributed by atoms with Crippen molar-refractivity contribution < 1.29 is 0 Å². The van der Waals surface area contributed by atoms with Crippen LogP contribution < -0.4 is 16.0 Å². The van der Waals surface area contributed by atoms with Gasteiger partial charge in [-0.25, -0.2) is 9.50 Å². The number of benzene rings is 1. The van der Waals surface area contributed by atoms with Crippen molar-refractivity contribution in [1.82, 2.24) is 19.9 Å². The molecule has 0 unspecified atom stereocenters. The Balaban J connectivity index is 1.61. The minimum atomic E-state index is 0.301. The van der Waals surface area contributed by atoms with Gasteiger partial charge < -0.3 is 16.0 Å². The molecule has 146 valence electrons. The van der Waals surface area contributed by atoms with Crippen LogP contribution in [0.2, 0.25) is 0 Å². The Labute approximate surface area is 172 Å². The third kappa shape index (κ3) is 3.18. The molecule has 0 aliphatic carbocycles. The van der Waals surface area contributed by atoms with Gasteiger partial charge in [-0.15, -0.1) is 0 Å². The van der Waals surface area contributed by atoms with E-state index in [1.807, 2.05) is 31.2 Å². The molecule has 5 rings (SSSR count). The molecular formula is C21H21N7S. The molecule has 0 bridgehead atoms. The average Bonchev–Trinajstić information content (AvgIpc) is 3.38. The van der Waals surface area contributed by atoms with E-state index in [2.05, 4.69) is 33.2 Å². The number of thiazole rings is 1. The zero-order chi connectivity index (χ0) is 19.8. The highest BCUT2D eigenvalue weighted by atomic mass is 32.1. The molecule has 3 aromatic heterocycles. The number of hydrogen-bond donors (Lipinski definition) is 3. The number of pyridine rings is 1. The Morgan fingerprint density at radius 2 is 2.21 bits per heavy atom. The third-order valence-electron chi connectivity index (χ3n) is 5.37. The van der Waals surface area contributed by atoms with Crippen molar-refractivity contribution in [3.8, 4) is 6.07 Å². The van der Waals surface area contributed by atoms with Crippen molar-refractivity contribution in [3.05, 3.63) is 47.7 Å². The van der Waals surface area contributed by atoms with E-state index in [0.717, 1.165) is 63.9 Å². The Morgan fingerprint density at radius 3 is 3.00 bits per heavy atom. The van der Waals surface area contributed by atoms with Gasteiger partial charge in [0.1, 0.15) is 17.5 Å². The van der Waals surface area contributed by atoms with Crippen molar-refractivity contribution in [3.63, 3.8) is 0 Å². The van der Waals surface area contributed by atoms with Gasteiger partial charge in [0.05, 0.1) is 27.6 Å². The number of para-hydroxylation sites is 1. The summed E-state index contributed by atoms with van der Waals surface area (Å²) in [6.45, 7) is 3.97. The lowest BCUT2D eigenvalue weighted by Crippen LogP contribution is -2.38. The predicted octanol–water partition coefficient (Wildman–Crippen LogP) is 4.03. The lowest BCUT2D eigenvalue weighted by atomic mass is 10.0. The number of rotatable bonds is 4. The zero-order valence-electron chi connectivity index (χ0n) is 16.1. The van der Waals surface area contributed by atoms with Crippen LogP contribution in [0.1, 0.15) is 24.0 Å². The minimum Gasteiger partial charge on any atom is -0.380 e. The molecule has 29 heavy (non-hydrogen) atoms. The van der Waals surface area contributed by atoms with E-state index in [4.69, 9.17) is 4.98 Å². The van der Waals surface area contributed by atoms with Crippen molar-refractivity contribution in [2.75, 3.05) is 23.7 Å². The first-order chi connectivity index (χ1) is 14.2. The molecule has 1 aliphatic rings. The fourth-order valence-electron chi connectivity index (χ4n) is 3.91. The van der Waals surface area contributed by atoms with Crippen LogP contribution in [-0.2, 0) is 0 Å². The van der Waals surface area contributed by atoms with E-state index in [-0.39, 0.29) is 0 Å². The highest BCUT2D eigenvalue weighted by molar-refractivity contribution is 7.22. The van der Waals surface area contributed by atoms with E-state index in [1.165, 1.54) is 0 Å². The molecule has 1 fully saturated rings. The Morgan fingerprint density at radius 1 is 1.31 bits per heavy atom. The van der Waals surface area contributed by atoms with Gasteiger partial charge in [-0.05, 0) is 44.5 Å². The number of aromatic nitrogens is 3. The summed E-state index contributed by atoms with van der Waals surface area (Å²) in [4.78, 5) is 4.70. The van der Waals surface area contributed by atoms with Crippen LogP contribution in [0, 0.1) is 18.3 Å². The number of nitrogens with one attached hydrogen (secondary N) is 3. The molecule has 1 aromatic carbocycles. The fourth-order valence-corrected chi connectivity index (χ4v) is 4.77. The second-order valence-corrected chi connectivity index (χ2v) is 8.29. The van der Waals surface area contributed by atoms with Gasteiger partial charge in [0.15, 0.2) is 5.13 Å². The summed E-state index contributed by atoms with van der Waals surface area (Å²) in [5.41, 5.74) is 4.21. The number of anilines is 3. The summed E-state index contributed by atoms with van der Waals surface area (Å²) in [5.74, 6) is 0.828. The molecule has 0 amide bonds. The summed E-state index contributed by atoms with van der Waals surface area (Å²) in [7, 11) is 0. The van der Waals surface area contributed by atoms with Gasteiger partial charge in [-0.3, -0.25) is 0 Å². The quantitative estimate of drug-likeness (QED) is 0.477. The van der Waals surface area contributed by atoms with Crippen LogP contribution in [0.15, 0.2) is 36.5 Å². The number of piperidine rings is 1. The maximum Gasteiger partial charge on any atom is 0.189 e. The smallest absolute Gasteiger partial charge is 0.189 e. The van der Waals surface area contributed by atoms with Gasteiger partial charge in [-0.2, -0.15) is 10.4 Å². The van der Waals surface area contributed by atoms with Gasteiger partial charge in [0, 0.05) is 18.2 Å². The van der Waals surface area contributed by atoms with E-state index in [9.17, 15) is 5.26 Å². The lowest BCUT2D eigenvalue weighted by Gasteiger charge is -2.27. The summed E-state index contributed by atoms with van der Waals surface area (Å²) in [5, 5.41) is 25.7. The molecule has 4 heterocycles. The molecular weight excluding hydrogens is 382 g/mol. The Bertz CT molecular complexity index is 1190. The van der Waals surface area contributed by atoms with Crippen molar-refractivity contribution >= 4 is 43.7 Å². The molecule has 0 spiro atoms. The normalized spacial score (nSPS) is 16.8. The maximum absolute atomic E-state index is 9.89. The fraction of sp³-hybridized carbons (Fsp3) is 0.286. The van der Waals surface area contributed by atoms with Crippen LogP contribution in [-0.4, -0.2) is 33.7 Å². The molecule has 8 heteroatoms. The van der Waals surface area contributed by atoms with Crippen LogP contribution in [0.25, 0.3) is 15.7 Å². The Kier molecular flexibility index (Phi) is 4.54. The maximum atomic E-state index is 9.89. The van der Waals surface area contributed by atoms with Crippen LogP contribution >= 0.6 is 11.3 Å². The van der Waals surface area contributed by atoms with E-state index in [0.29, 0.717) is 11.6 Å². The highest BCUT2D eigenvalue weighted by Gasteiger charge is 2.22. The molecule has 7 nitrogen and oxygen atoms in total. The standard InChI is InChI=1S/C21H21N7S/c1-13-19(25-14-5-4-9-23-12-14)15(11-22)17-8-10-24-28(17)20(13)27-21-26-16-6-2-3-7-18(16)29-21/h2-3,6-8,10,14,23,25H,4-5,9,12H2,1H3,(H,26,27)/t14-/m1/s1. The molecule has 0 saturated carbocycles. The van der Waals surface area contributed by atoms with E-state index in [1.54, 1.807) is 22.0 Å². The largest absolute Gasteiger partial charge is 0.380 e. The highest BCUT2D eigenvalue weighted by Crippen LogP contribution is 2.35. The summed E-state index contributed by atoms with van der Waals surface area (Å²) in [6.07, 6.45) is 3.94. The SMILES string of the molecule is Cc1c(N[C@@H]2CCCNC2)c(C#N)c2ccnn2c1Nc1nc2ccccc2s1. The third-order valence-corrected chi connectivity index (χ3v) is 6.32. The number of nitrogens with zero attached hydrogens (tertiary/aromatic N) is 4. The zero-order valence-corrected chi connectivity index (χ0v) is 16.9. The second-order valence-electron chi connectivity index (χ2n) is 7.26. The van der Waals surface area contributed by atoms with Crippen LogP contribution in [0.5, 0.6) is 0 Å². The molecule has 1 saturated heterocycles. The Hall–Kier alpha value is -3.15. The molecule has 1 aliphatic heterocycles. The van der Waals surface area contributed by atoms with Crippen molar-refractivity contribution in [2.24, 2.45) is 0 Å². The molecule has 3 N–H and O–H groups in total. The van der Waals surface area contributed by atoms with E-state index >= 15 is 0 Å². The van der Waals surface area contributed by atoms with Gasteiger partial charge in [0.25, 0.3) is 0 Å². The molecule has 1 atom stereocenters. The van der Waals surface area contributed by atoms with E-state index < -0.39 is 0 Å². The molecule has 4 aromatic rings. The summed E-state index contributed by atoms with van der Waals surface area (Å²) < 4.78 is 2.93. The lowest BCUT2D eigenvalue weighted by molar-refractivity contribution is 0.479. The van der Waals surface area contributed by atoms with Crippen LogP contribution in [0.3, 0.4) is 0 Å². The first kappa shape index (κ1) is 17.9.